The average Bonchev–Trinajstić information content (AvgIpc) is 3.06. The normalized spacial score (nSPS) is 15.2. The van der Waals surface area contributed by atoms with Crippen molar-refractivity contribution in [3.05, 3.63) is 82.7 Å². The van der Waals surface area contributed by atoms with E-state index in [2.05, 4.69) is 11.1 Å². The van der Waals surface area contributed by atoms with Crippen LogP contribution in [0.1, 0.15) is 28.8 Å². The number of ether oxygens (including phenoxy) is 1. The molecule has 3 aromatic rings. The van der Waals surface area contributed by atoms with Crippen molar-refractivity contribution in [3.63, 3.8) is 0 Å². The summed E-state index contributed by atoms with van der Waals surface area (Å²) in [7, 11) is 0. The van der Waals surface area contributed by atoms with E-state index >= 15 is 0 Å². The van der Waals surface area contributed by atoms with Crippen LogP contribution in [0.15, 0.2) is 53.7 Å². The molecule has 0 unspecified atom stereocenters. The Morgan fingerprint density at radius 1 is 1.08 bits per heavy atom. The molecule has 0 fully saturated rings. The number of aliphatic imine (C=N–C) groups is 1. The highest BCUT2D eigenvalue weighted by Gasteiger charge is 2.22. The molecule has 0 spiro atoms. The van der Waals surface area contributed by atoms with Crippen LogP contribution < -0.4 is 4.74 Å². The highest BCUT2D eigenvalue weighted by Crippen LogP contribution is 2.30. The van der Waals surface area contributed by atoms with E-state index in [0.717, 1.165) is 53.8 Å². The Balaban J connectivity index is 1.68. The smallest absolute Gasteiger partial charge is 0.133 e. The van der Waals surface area contributed by atoms with Gasteiger partial charge in [0.25, 0.3) is 0 Å². The van der Waals surface area contributed by atoms with Gasteiger partial charge in [-0.2, -0.15) is 0 Å². The lowest BCUT2D eigenvalue weighted by Gasteiger charge is -2.18. The zero-order chi connectivity index (χ0) is 17.7. The molecule has 0 bridgehead atoms. The maximum Gasteiger partial charge on any atom is 0.133 e. The van der Waals surface area contributed by atoms with E-state index in [4.69, 9.17) is 4.74 Å². The number of hydrogen-bond acceptors (Lipinski definition) is 2. The number of fused-ring (bicyclic) bond motifs is 4. The van der Waals surface area contributed by atoms with Gasteiger partial charge in [0.2, 0.25) is 0 Å². The van der Waals surface area contributed by atoms with Gasteiger partial charge in [0, 0.05) is 23.4 Å². The van der Waals surface area contributed by atoms with Crippen molar-refractivity contribution in [2.45, 2.75) is 19.4 Å². The summed E-state index contributed by atoms with van der Waals surface area (Å²) in [6.07, 6.45) is 3.78. The van der Waals surface area contributed by atoms with Gasteiger partial charge in [-0.25, -0.2) is 8.78 Å². The van der Waals surface area contributed by atoms with Crippen LogP contribution in [-0.2, 0) is 13.0 Å². The Morgan fingerprint density at radius 3 is 2.92 bits per heavy atom. The standard InChI is InChI=1S/C21H16F2N2O/c22-15-10-17(23)16-12-24-21(18-4-1-7-25(18)19(16)11-15)14-5-6-20-13(9-14)3-2-8-26-20/h1,4-7,9-11H,2-3,8,12H2. The third kappa shape index (κ3) is 2.35. The highest BCUT2D eigenvalue weighted by atomic mass is 19.1. The predicted molar refractivity (Wildman–Crippen MR) is 95.3 cm³/mol. The van der Waals surface area contributed by atoms with Crippen LogP contribution in [0.25, 0.3) is 5.69 Å². The van der Waals surface area contributed by atoms with E-state index in [1.54, 1.807) is 0 Å². The molecule has 5 heteroatoms. The summed E-state index contributed by atoms with van der Waals surface area (Å²) in [5.41, 5.74) is 4.63. The average molecular weight is 350 g/mol. The van der Waals surface area contributed by atoms with Gasteiger partial charge in [-0.05, 0) is 54.8 Å². The molecule has 3 heterocycles. The molecule has 5 rings (SSSR count). The summed E-state index contributed by atoms with van der Waals surface area (Å²) in [6, 6.07) is 12.1. The largest absolute Gasteiger partial charge is 0.493 e. The lowest BCUT2D eigenvalue weighted by atomic mass is 9.99. The summed E-state index contributed by atoms with van der Waals surface area (Å²) in [6.45, 7) is 0.919. The number of benzene rings is 2. The van der Waals surface area contributed by atoms with Crippen molar-refractivity contribution in [1.82, 2.24) is 4.57 Å². The van der Waals surface area contributed by atoms with Crippen molar-refractivity contribution >= 4 is 5.71 Å². The molecule has 0 saturated carbocycles. The summed E-state index contributed by atoms with van der Waals surface area (Å²) in [5.74, 6) is -0.236. The van der Waals surface area contributed by atoms with Crippen LogP contribution in [-0.4, -0.2) is 16.9 Å². The Kier molecular flexibility index (Phi) is 3.42. The fourth-order valence-electron chi connectivity index (χ4n) is 3.73. The second-order valence-electron chi connectivity index (χ2n) is 6.59. The second kappa shape index (κ2) is 5.80. The summed E-state index contributed by atoms with van der Waals surface area (Å²) in [5, 5.41) is 0. The molecule has 130 valence electrons. The van der Waals surface area contributed by atoms with Crippen LogP contribution in [0.3, 0.4) is 0 Å². The second-order valence-corrected chi connectivity index (χ2v) is 6.59. The van der Waals surface area contributed by atoms with E-state index in [1.165, 1.54) is 6.07 Å². The molecular weight excluding hydrogens is 334 g/mol. The monoisotopic (exact) mass is 350 g/mol. The van der Waals surface area contributed by atoms with Gasteiger partial charge in [-0.3, -0.25) is 4.99 Å². The fourth-order valence-corrected chi connectivity index (χ4v) is 3.73. The third-order valence-electron chi connectivity index (χ3n) is 4.96. The van der Waals surface area contributed by atoms with E-state index in [9.17, 15) is 8.78 Å². The minimum Gasteiger partial charge on any atom is -0.493 e. The molecule has 26 heavy (non-hydrogen) atoms. The number of rotatable bonds is 1. The highest BCUT2D eigenvalue weighted by molar-refractivity contribution is 6.12. The van der Waals surface area contributed by atoms with Crippen LogP contribution >= 0.6 is 0 Å². The van der Waals surface area contributed by atoms with Gasteiger partial charge in [-0.15, -0.1) is 0 Å². The Labute approximate surface area is 149 Å². The third-order valence-corrected chi connectivity index (χ3v) is 4.96. The first-order chi connectivity index (χ1) is 12.7. The van der Waals surface area contributed by atoms with Crippen molar-refractivity contribution in [2.24, 2.45) is 4.99 Å². The molecule has 2 aliphatic rings. The molecular formula is C21H16F2N2O. The van der Waals surface area contributed by atoms with E-state index in [-0.39, 0.29) is 6.54 Å². The maximum atomic E-state index is 14.3. The fraction of sp³-hybridized carbons (Fsp3) is 0.190. The minimum atomic E-state index is -0.588. The maximum absolute atomic E-state index is 14.3. The lowest BCUT2D eigenvalue weighted by molar-refractivity contribution is 0.288. The number of aromatic nitrogens is 1. The Morgan fingerprint density at radius 2 is 2.00 bits per heavy atom. The zero-order valence-electron chi connectivity index (χ0n) is 14.0. The number of aryl methyl sites for hydroxylation is 1. The lowest BCUT2D eigenvalue weighted by Crippen LogP contribution is -2.12. The zero-order valence-corrected chi connectivity index (χ0v) is 14.0. The topological polar surface area (TPSA) is 26.5 Å². The summed E-state index contributed by atoms with van der Waals surface area (Å²) in [4.78, 5) is 4.68. The van der Waals surface area contributed by atoms with Crippen molar-refractivity contribution < 1.29 is 13.5 Å². The molecule has 3 nitrogen and oxygen atoms in total. The first-order valence-electron chi connectivity index (χ1n) is 8.67. The van der Waals surface area contributed by atoms with E-state index in [0.29, 0.717) is 11.3 Å². The van der Waals surface area contributed by atoms with E-state index < -0.39 is 11.6 Å². The summed E-state index contributed by atoms with van der Waals surface area (Å²) < 4.78 is 35.6. The van der Waals surface area contributed by atoms with Crippen molar-refractivity contribution in [1.29, 1.82) is 0 Å². The molecule has 0 atom stereocenters. The van der Waals surface area contributed by atoms with Gasteiger partial charge < -0.3 is 9.30 Å². The Hall–Kier alpha value is -2.95. The first kappa shape index (κ1) is 15.3. The molecule has 2 aliphatic heterocycles. The number of hydrogen-bond donors (Lipinski definition) is 0. The van der Waals surface area contributed by atoms with E-state index in [1.807, 2.05) is 35.0 Å². The molecule has 1 aromatic heterocycles. The first-order valence-corrected chi connectivity index (χ1v) is 8.67. The SMILES string of the molecule is Fc1cc(F)c2c(c1)-n1cccc1C(c1ccc3c(c1)CCCO3)=NC2. The van der Waals surface area contributed by atoms with Gasteiger partial charge in [-0.1, -0.05) is 0 Å². The number of halogens is 2. The van der Waals surface area contributed by atoms with Crippen molar-refractivity contribution in [3.8, 4) is 11.4 Å². The molecule has 0 aliphatic carbocycles. The molecule has 0 saturated heterocycles. The minimum absolute atomic E-state index is 0.173. The molecule has 0 amide bonds. The van der Waals surface area contributed by atoms with Gasteiger partial charge in [0.05, 0.1) is 30.2 Å². The van der Waals surface area contributed by atoms with Gasteiger partial charge >= 0.3 is 0 Å². The Bertz CT molecular complexity index is 1050. The van der Waals surface area contributed by atoms with Gasteiger partial charge in [0.1, 0.15) is 17.4 Å². The summed E-state index contributed by atoms with van der Waals surface area (Å²) >= 11 is 0. The number of nitrogens with zero attached hydrogens (tertiary/aromatic N) is 2. The predicted octanol–water partition coefficient (Wildman–Crippen LogP) is 4.43. The quantitative estimate of drug-likeness (QED) is 0.638. The molecule has 2 aromatic carbocycles. The molecule has 0 radical (unpaired) electrons. The van der Waals surface area contributed by atoms with Crippen LogP contribution in [0.4, 0.5) is 8.78 Å². The van der Waals surface area contributed by atoms with Crippen molar-refractivity contribution in [2.75, 3.05) is 6.61 Å². The van der Waals surface area contributed by atoms with Gasteiger partial charge in [0.15, 0.2) is 0 Å². The van der Waals surface area contributed by atoms with Crippen LogP contribution in [0, 0.1) is 11.6 Å². The van der Waals surface area contributed by atoms with Crippen LogP contribution in [0.5, 0.6) is 5.75 Å². The molecule has 0 N–H and O–H groups in total. The van der Waals surface area contributed by atoms with Crippen LogP contribution in [0.2, 0.25) is 0 Å².